The first kappa shape index (κ1) is 13.9. The zero-order chi connectivity index (χ0) is 15.5. The van der Waals surface area contributed by atoms with Crippen LogP contribution in [0.5, 0.6) is 0 Å². The monoisotopic (exact) mass is 294 g/mol. The lowest BCUT2D eigenvalue weighted by Crippen LogP contribution is -2.03. The summed E-state index contributed by atoms with van der Waals surface area (Å²) >= 11 is 0. The molecule has 5 heteroatoms. The highest BCUT2D eigenvalue weighted by Gasteiger charge is 2.26. The molecule has 1 aromatic carbocycles. The summed E-state index contributed by atoms with van der Waals surface area (Å²) < 4.78 is 4.60. The summed E-state index contributed by atoms with van der Waals surface area (Å²) in [5.74, 6) is -0.603. The minimum atomic E-state index is -0.440. The number of amides is 1. The topological polar surface area (TPSA) is 71.2 Å². The van der Waals surface area contributed by atoms with E-state index in [2.05, 4.69) is 15.0 Å². The Morgan fingerprint density at radius 2 is 2.09 bits per heavy atom. The zero-order valence-electron chi connectivity index (χ0n) is 11.9. The number of hydrogen-bond acceptors (Lipinski definition) is 3. The van der Waals surface area contributed by atoms with Crippen LogP contribution in [0.15, 0.2) is 42.6 Å². The summed E-state index contributed by atoms with van der Waals surface area (Å²) in [6, 6.07) is 9.25. The summed E-state index contributed by atoms with van der Waals surface area (Å²) in [6.45, 7) is 0. The van der Waals surface area contributed by atoms with Gasteiger partial charge in [0.25, 0.3) is 5.91 Å². The fourth-order valence-corrected chi connectivity index (χ4v) is 2.37. The summed E-state index contributed by atoms with van der Waals surface area (Å²) in [6.07, 6.45) is 6.57. The second-order valence-corrected chi connectivity index (χ2v) is 4.76. The first-order valence-corrected chi connectivity index (χ1v) is 6.75. The van der Waals surface area contributed by atoms with Crippen LogP contribution < -0.4 is 5.32 Å². The second kappa shape index (κ2) is 5.73. The van der Waals surface area contributed by atoms with E-state index in [1.165, 1.54) is 13.2 Å². The Balaban J connectivity index is 2.07. The van der Waals surface area contributed by atoms with Crippen LogP contribution in [0.2, 0.25) is 0 Å². The van der Waals surface area contributed by atoms with Crippen LogP contribution in [0, 0.1) is 0 Å². The third kappa shape index (κ3) is 2.56. The SMILES string of the molecule is COC(=O)/C=C/c1cccc2c1/C(=C/c1ccc[nH]1)C(=O)N2. The molecular formula is C17H14N2O3. The van der Waals surface area contributed by atoms with E-state index in [1.807, 2.05) is 30.3 Å². The number of methoxy groups -OCH3 is 1. The molecule has 0 saturated carbocycles. The Morgan fingerprint density at radius 1 is 1.23 bits per heavy atom. The molecule has 1 amide bonds. The highest BCUT2D eigenvalue weighted by Crippen LogP contribution is 2.36. The van der Waals surface area contributed by atoms with Crippen molar-refractivity contribution >= 4 is 35.3 Å². The quantitative estimate of drug-likeness (QED) is 0.675. The van der Waals surface area contributed by atoms with Crippen molar-refractivity contribution < 1.29 is 14.3 Å². The molecule has 22 heavy (non-hydrogen) atoms. The summed E-state index contributed by atoms with van der Waals surface area (Å²) in [7, 11) is 1.32. The molecule has 2 heterocycles. The van der Waals surface area contributed by atoms with Crippen molar-refractivity contribution in [3.63, 3.8) is 0 Å². The molecule has 2 aromatic rings. The normalized spacial score (nSPS) is 15.1. The van der Waals surface area contributed by atoms with Gasteiger partial charge in [0.05, 0.1) is 12.7 Å². The van der Waals surface area contributed by atoms with Crippen LogP contribution in [0.4, 0.5) is 5.69 Å². The van der Waals surface area contributed by atoms with E-state index in [-0.39, 0.29) is 5.91 Å². The van der Waals surface area contributed by atoms with E-state index in [1.54, 1.807) is 18.3 Å². The number of anilines is 1. The molecule has 3 rings (SSSR count). The molecule has 0 aliphatic carbocycles. The molecule has 1 aliphatic heterocycles. The Morgan fingerprint density at radius 3 is 2.82 bits per heavy atom. The number of ether oxygens (including phenoxy) is 1. The van der Waals surface area contributed by atoms with Gasteiger partial charge in [0.1, 0.15) is 0 Å². The van der Waals surface area contributed by atoms with Gasteiger partial charge in [-0.2, -0.15) is 0 Å². The third-order valence-electron chi connectivity index (χ3n) is 3.38. The van der Waals surface area contributed by atoms with Gasteiger partial charge in [-0.05, 0) is 35.9 Å². The lowest BCUT2D eigenvalue weighted by atomic mass is 9.99. The van der Waals surface area contributed by atoms with Crippen LogP contribution in [0.25, 0.3) is 17.7 Å². The highest BCUT2D eigenvalue weighted by molar-refractivity contribution is 6.35. The van der Waals surface area contributed by atoms with Gasteiger partial charge < -0.3 is 15.0 Å². The van der Waals surface area contributed by atoms with Gasteiger partial charge >= 0.3 is 5.97 Å². The molecular weight excluding hydrogens is 280 g/mol. The number of carbonyl (C=O) groups excluding carboxylic acids is 2. The van der Waals surface area contributed by atoms with Crippen molar-refractivity contribution in [1.29, 1.82) is 0 Å². The standard InChI is InChI=1S/C17H14N2O3/c1-22-15(20)8-7-11-4-2-6-14-16(11)13(17(21)19-14)10-12-5-3-9-18-12/h2-10,18H,1H3,(H,19,21)/b8-7+,13-10-. The van der Waals surface area contributed by atoms with Crippen LogP contribution in [0.1, 0.15) is 16.8 Å². The molecule has 1 aromatic heterocycles. The number of carbonyl (C=O) groups is 2. The summed E-state index contributed by atoms with van der Waals surface area (Å²) in [4.78, 5) is 26.5. The van der Waals surface area contributed by atoms with Crippen LogP contribution in [-0.4, -0.2) is 24.0 Å². The van der Waals surface area contributed by atoms with Crippen LogP contribution in [-0.2, 0) is 14.3 Å². The molecule has 0 bridgehead atoms. The maximum absolute atomic E-state index is 12.2. The van der Waals surface area contributed by atoms with Gasteiger partial charge in [0.15, 0.2) is 0 Å². The summed E-state index contributed by atoms with van der Waals surface area (Å²) in [5.41, 5.74) is 3.68. The molecule has 0 fully saturated rings. The Kier molecular flexibility index (Phi) is 3.62. The maximum atomic E-state index is 12.2. The van der Waals surface area contributed by atoms with Gasteiger partial charge in [0, 0.05) is 29.2 Å². The highest BCUT2D eigenvalue weighted by atomic mass is 16.5. The zero-order valence-corrected chi connectivity index (χ0v) is 11.9. The third-order valence-corrected chi connectivity index (χ3v) is 3.38. The molecule has 0 unspecified atom stereocenters. The first-order chi connectivity index (χ1) is 10.7. The van der Waals surface area contributed by atoms with Crippen molar-refractivity contribution in [3.8, 4) is 0 Å². The van der Waals surface area contributed by atoms with E-state index in [9.17, 15) is 9.59 Å². The molecule has 0 spiro atoms. The molecule has 0 radical (unpaired) electrons. The predicted molar refractivity (Wildman–Crippen MR) is 84.8 cm³/mol. The van der Waals surface area contributed by atoms with Crippen LogP contribution >= 0.6 is 0 Å². The lowest BCUT2D eigenvalue weighted by molar-refractivity contribution is -0.134. The number of aromatic amines is 1. The van der Waals surface area contributed by atoms with E-state index in [0.717, 1.165) is 22.5 Å². The average Bonchev–Trinajstić information content (AvgIpc) is 3.14. The van der Waals surface area contributed by atoms with Crippen molar-refractivity contribution in [2.75, 3.05) is 12.4 Å². The number of benzene rings is 1. The molecule has 110 valence electrons. The van der Waals surface area contributed by atoms with E-state index in [4.69, 9.17) is 0 Å². The fraction of sp³-hybridized carbons (Fsp3) is 0.0588. The average molecular weight is 294 g/mol. The maximum Gasteiger partial charge on any atom is 0.330 e. The molecule has 5 nitrogen and oxygen atoms in total. The van der Waals surface area contributed by atoms with E-state index in [0.29, 0.717) is 5.57 Å². The second-order valence-electron chi connectivity index (χ2n) is 4.76. The number of esters is 1. The minimum Gasteiger partial charge on any atom is -0.466 e. The molecule has 0 saturated heterocycles. The van der Waals surface area contributed by atoms with Gasteiger partial charge in [0.2, 0.25) is 0 Å². The number of nitrogens with one attached hydrogen (secondary N) is 2. The van der Waals surface area contributed by atoms with E-state index >= 15 is 0 Å². The number of H-pyrrole nitrogens is 1. The molecule has 2 N–H and O–H groups in total. The van der Waals surface area contributed by atoms with Gasteiger partial charge in [-0.3, -0.25) is 4.79 Å². The van der Waals surface area contributed by atoms with Gasteiger partial charge in [-0.1, -0.05) is 12.1 Å². The molecule has 0 atom stereocenters. The number of hydrogen-bond donors (Lipinski definition) is 2. The fourth-order valence-electron chi connectivity index (χ4n) is 2.37. The van der Waals surface area contributed by atoms with Crippen molar-refractivity contribution in [1.82, 2.24) is 4.98 Å². The van der Waals surface area contributed by atoms with Gasteiger partial charge in [-0.25, -0.2) is 4.79 Å². The van der Waals surface area contributed by atoms with Crippen molar-refractivity contribution in [2.24, 2.45) is 0 Å². The number of aromatic nitrogens is 1. The largest absolute Gasteiger partial charge is 0.466 e. The summed E-state index contributed by atoms with van der Waals surface area (Å²) in [5, 5.41) is 2.83. The van der Waals surface area contributed by atoms with Crippen LogP contribution in [0.3, 0.4) is 0 Å². The lowest BCUT2D eigenvalue weighted by Gasteiger charge is -2.03. The smallest absolute Gasteiger partial charge is 0.330 e. The number of rotatable bonds is 3. The predicted octanol–water partition coefficient (Wildman–Crippen LogP) is 2.69. The first-order valence-electron chi connectivity index (χ1n) is 6.75. The number of fused-ring (bicyclic) bond motifs is 1. The minimum absolute atomic E-state index is 0.163. The van der Waals surface area contributed by atoms with Crippen molar-refractivity contribution in [2.45, 2.75) is 0 Å². The van der Waals surface area contributed by atoms with Gasteiger partial charge in [-0.15, -0.1) is 0 Å². The Bertz CT molecular complexity index is 786. The van der Waals surface area contributed by atoms with E-state index < -0.39 is 5.97 Å². The molecule has 1 aliphatic rings. The Hall–Kier alpha value is -3.08. The van der Waals surface area contributed by atoms with Crippen molar-refractivity contribution in [3.05, 3.63) is 59.4 Å². The Labute approximate surface area is 127 Å².